The third-order valence-electron chi connectivity index (χ3n) is 8.67. The lowest BCUT2D eigenvalue weighted by molar-refractivity contribution is -0.131. The maximum Gasteiger partial charge on any atom is 0.407 e. The van der Waals surface area contributed by atoms with E-state index in [-0.39, 0.29) is 30.9 Å². The van der Waals surface area contributed by atoms with Crippen LogP contribution in [0.4, 0.5) is 9.59 Å². The summed E-state index contributed by atoms with van der Waals surface area (Å²) in [5.74, 6) is 0.279. The van der Waals surface area contributed by atoms with Crippen molar-refractivity contribution in [3.63, 3.8) is 0 Å². The van der Waals surface area contributed by atoms with Crippen molar-refractivity contribution in [1.29, 1.82) is 0 Å². The van der Waals surface area contributed by atoms with Gasteiger partial charge in [0.1, 0.15) is 18.9 Å². The van der Waals surface area contributed by atoms with E-state index in [4.69, 9.17) is 0 Å². The quantitative estimate of drug-likeness (QED) is 0.104. The number of H-pyrrole nitrogens is 1. The highest BCUT2D eigenvalue weighted by Gasteiger charge is 2.19. The van der Waals surface area contributed by atoms with E-state index in [9.17, 15) is 19.2 Å². The second-order valence-corrected chi connectivity index (χ2v) is 12.7. The number of carbonyl (C=O) groups is 4. The molecule has 4 aromatic rings. The monoisotopic (exact) mass is 725 g/mol. The maximum atomic E-state index is 12.8. The molecule has 0 radical (unpaired) electrons. The molecule has 0 aliphatic carbocycles. The number of hydrogen-bond donors (Lipinski definition) is 4. The summed E-state index contributed by atoms with van der Waals surface area (Å²) in [6.45, 7) is 9.68. The molecule has 0 fully saturated rings. The molecule has 13 heteroatoms. The fourth-order valence-electron chi connectivity index (χ4n) is 5.99. The summed E-state index contributed by atoms with van der Waals surface area (Å²) in [6.07, 6.45) is 4.09. The highest BCUT2D eigenvalue weighted by Crippen LogP contribution is 2.29. The van der Waals surface area contributed by atoms with Gasteiger partial charge in [-0.25, -0.2) is 14.6 Å². The molecule has 1 aromatic heterocycles. The molecule has 3 aromatic carbocycles. The van der Waals surface area contributed by atoms with Crippen LogP contribution in [0.1, 0.15) is 51.9 Å². The number of amides is 4. The van der Waals surface area contributed by atoms with Gasteiger partial charge in [0.25, 0.3) is 0 Å². The van der Waals surface area contributed by atoms with Crippen LogP contribution < -0.4 is 16.0 Å². The number of rotatable bonds is 17. The zero-order chi connectivity index (χ0) is 38.3. The Morgan fingerprint density at radius 3 is 1.98 bits per heavy atom. The van der Waals surface area contributed by atoms with Crippen molar-refractivity contribution in [2.24, 2.45) is 0 Å². The molecule has 0 saturated carbocycles. The Balaban J connectivity index is 1.40. The number of aromatic nitrogens is 2. The fourth-order valence-corrected chi connectivity index (χ4v) is 5.99. The van der Waals surface area contributed by atoms with Crippen LogP contribution in [0, 0.1) is 0 Å². The Labute approximate surface area is 311 Å². The number of allylic oxidation sites excluding steroid dienone is 1. The number of hydrogen-bond acceptors (Lipinski definition) is 8. The molecule has 1 unspecified atom stereocenters. The van der Waals surface area contributed by atoms with E-state index in [0.717, 1.165) is 57.3 Å². The number of nitrogens with one attached hydrogen (secondary N) is 4. The minimum Gasteiger partial charge on any atom is -0.453 e. The van der Waals surface area contributed by atoms with Gasteiger partial charge >= 0.3 is 12.2 Å². The molecule has 53 heavy (non-hydrogen) atoms. The summed E-state index contributed by atoms with van der Waals surface area (Å²) in [5.41, 5.74) is 6.00. The Morgan fingerprint density at radius 1 is 0.792 bits per heavy atom. The predicted molar refractivity (Wildman–Crippen MR) is 207 cm³/mol. The molecule has 4 rings (SSSR count). The van der Waals surface area contributed by atoms with E-state index < -0.39 is 12.2 Å². The van der Waals surface area contributed by atoms with Crippen molar-refractivity contribution in [1.82, 2.24) is 35.7 Å². The summed E-state index contributed by atoms with van der Waals surface area (Å²) < 4.78 is 9.15. The van der Waals surface area contributed by atoms with E-state index in [1.54, 1.807) is 16.0 Å². The number of fused-ring (bicyclic) bond motifs is 1. The van der Waals surface area contributed by atoms with Gasteiger partial charge in [-0.3, -0.25) is 9.59 Å². The van der Waals surface area contributed by atoms with Gasteiger partial charge in [-0.1, -0.05) is 68.5 Å². The highest BCUT2D eigenvalue weighted by molar-refractivity contribution is 5.90. The van der Waals surface area contributed by atoms with E-state index >= 15 is 0 Å². The summed E-state index contributed by atoms with van der Waals surface area (Å²) in [4.78, 5) is 59.5. The van der Waals surface area contributed by atoms with Gasteiger partial charge in [-0.15, -0.1) is 0 Å². The number of nitrogens with zero attached hydrogens (tertiary/aromatic N) is 3. The lowest BCUT2D eigenvalue weighted by atomic mass is 9.98. The van der Waals surface area contributed by atoms with Crippen LogP contribution in [-0.4, -0.2) is 96.8 Å². The molecule has 1 atom stereocenters. The lowest BCUT2D eigenvalue weighted by Crippen LogP contribution is -2.46. The van der Waals surface area contributed by atoms with Crippen molar-refractivity contribution in [2.45, 2.75) is 53.1 Å². The van der Waals surface area contributed by atoms with Crippen LogP contribution >= 0.6 is 0 Å². The molecule has 0 spiro atoms. The summed E-state index contributed by atoms with van der Waals surface area (Å²) in [6, 6.07) is 21.0. The van der Waals surface area contributed by atoms with E-state index in [1.165, 1.54) is 14.2 Å². The van der Waals surface area contributed by atoms with Crippen molar-refractivity contribution >= 4 is 40.5 Å². The normalized spacial score (nSPS) is 11.8. The number of carbonyl (C=O) groups excluding carboxylic acids is 4. The van der Waals surface area contributed by atoms with Gasteiger partial charge in [0.2, 0.25) is 11.8 Å². The average Bonchev–Trinajstić information content (AvgIpc) is 3.65. The first-order valence-corrected chi connectivity index (χ1v) is 17.9. The number of benzene rings is 3. The maximum absolute atomic E-state index is 12.8. The standard InChI is InChI=1S/C40H51N7O6/c1-7-18-46(37(48)23-42-39(50)52-5)25-27(4)44-34(9-3)33-17-16-31-20-30(14-15-32(31)21-33)28-10-12-29(13-11-28)35-22-41-36(45-35)26-47(19-8-2)38(49)24-43-40(51)53-6/h9-17,20-22,27,44H,7-8,18-19,23-26H2,1-6H3,(H,41,45)(H,42,50)(H,43,51)/b34-9-. The van der Waals surface area contributed by atoms with Crippen LogP contribution in [-0.2, 0) is 25.6 Å². The minimum absolute atomic E-state index is 0.0361. The molecule has 0 bridgehead atoms. The summed E-state index contributed by atoms with van der Waals surface area (Å²) in [7, 11) is 2.53. The molecule has 4 amide bonds. The second kappa shape index (κ2) is 19.7. The first kappa shape index (κ1) is 39.9. The molecular formula is C40H51N7O6. The van der Waals surface area contributed by atoms with Crippen LogP contribution in [0.15, 0.2) is 72.9 Å². The lowest BCUT2D eigenvalue weighted by Gasteiger charge is -2.27. The van der Waals surface area contributed by atoms with E-state index in [1.807, 2.05) is 45.9 Å². The van der Waals surface area contributed by atoms with E-state index in [0.29, 0.717) is 32.0 Å². The van der Waals surface area contributed by atoms with Crippen molar-refractivity contribution in [2.75, 3.05) is 46.9 Å². The Hall–Kier alpha value is -5.85. The van der Waals surface area contributed by atoms with Crippen LogP contribution in [0.5, 0.6) is 0 Å². The third-order valence-corrected chi connectivity index (χ3v) is 8.67. The fraction of sp³-hybridized carbons (Fsp3) is 0.375. The van der Waals surface area contributed by atoms with E-state index in [2.05, 4.69) is 83.9 Å². The Morgan fingerprint density at radius 2 is 1.36 bits per heavy atom. The Kier molecular flexibility index (Phi) is 14.8. The molecule has 0 aliphatic rings. The number of alkyl carbamates (subject to hydrolysis) is 2. The van der Waals surface area contributed by atoms with Crippen molar-refractivity contribution in [3.05, 3.63) is 84.3 Å². The highest BCUT2D eigenvalue weighted by atomic mass is 16.5. The largest absolute Gasteiger partial charge is 0.453 e. The number of imidazole rings is 1. The third kappa shape index (κ3) is 11.3. The zero-order valence-corrected chi connectivity index (χ0v) is 31.5. The van der Waals surface area contributed by atoms with Gasteiger partial charge in [0.15, 0.2) is 0 Å². The van der Waals surface area contributed by atoms with Crippen LogP contribution in [0.25, 0.3) is 38.9 Å². The topological polar surface area (TPSA) is 158 Å². The molecule has 0 aliphatic heterocycles. The molecule has 1 heterocycles. The van der Waals surface area contributed by atoms with Gasteiger partial charge in [-0.2, -0.15) is 0 Å². The smallest absolute Gasteiger partial charge is 0.407 e. The molecule has 13 nitrogen and oxygen atoms in total. The molecule has 282 valence electrons. The number of aromatic amines is 1. The SMILES string of the molecule is C/C=C(\NC(C)CN(CCC)C(=O)CNC(=O)OC)c1ccc2cc(-c3ccc(-c4cnc(CN(CCC)C(=O)CNC(=O)OC)[nH]4)cc3)ccc2c1. The van der Waals surface area contributed by atoms with Gasteiger partial charge < -0.3 is 40.2 Å². The van der Waals surface area contributed by atoms with Crippen LogP contribution in [0.2, 0.25) is 0 Å². The van der Waals surface area contributed by atoms with Gasteiger partial charge in [0, 0.05) is 31.4 Å². The second-order valence-electron chi connectivity index (χ2n) is 12.7. The first-order chi connectivity index (χ1) is 25.6. The predicted octanol–water partition coefficient (Wildman–Crippen LogP) is 5.93. The average molecular weight is 726 g/mol. The molecule has 4 N–H and O–H groups in total. The number of methoxy groups -OCH3 is 2. The minimum atomic E-state index is -0.648. The first-order valence-electron chi connectivity index (χ1n) is 17.9. The van der Waals surface area contributed by atoms with Crippen LogP contribution in [0.3, 0.4) is 0 Å². The number of ether oxygens (including phenoxy) is 2. The summed E-state index contributed by atoms with van der Waals surface area (Å²) >= 11 is 0. The summed E-state index contributed by atoms with van der Waals surface area (Å²) in [5, 5.41) is 10.7. The van der Waals surface area contributed by atoms with Crippen molar-refractivity contribution < 1.29 is 28.7 Å². The van der Waals surface area contributed by atoms with Crippen molar-refractivity contribution in [3.8, 4) is 22.4 Å². The Bertz CT molecular complexity index is 1890. The van der Waals surface area contributed by atoms with Gasteiger partial charge in [-0.05, 0) is 71.8 Å². The molecular weight excluding hydrogens is 674 g/mol. The zero-order valence-electron chi connectivity index (χ0n) is 31.5. The molecule has 0 saturated heterocycles. The van der Waals surface area contributed by atoms with Gasteiger partial charge in [0.05, 0.1) is 32.7 Å².